The second kappa shape index (κ2) is 7.30. The molecule has 0 bridgehead atoms. The van der Waals surface area contributed by atoms with Crippen LogP contribution in [0.5, 0.6) is 0 Å². The first-order valence-corrected chi connectivity index (χ1v) is 8.67. The molecule has 0 amide bonds. The molecule has 1 saturated heterocycles. The second-order valence-corrected chi connectivity index (χ2v) is 6.93. The molecule has 2 aliphatic rings. The summed E-state index contributed by atoms with van der Waals surface area (Å²) in [7, 11) is 0. The van der Waals surface area contributed by atoms with Crippen LogP contribution in [0.3, 0.4) is 0 Å². The number of thiazole rings is 1. The van der Waals surface area contributed by atoms with Crippen molar-refractivity contribution in [3.05, 3.63) is 14.5 Å². The van der Waals surface area contributed by atoms with Crippen molar-refractivity contribution in [2.75, 3.05) is 11.9 Å². The van der Waals surface area contributed by atoms with Crippen LogP contribution in [-0.2, 0) is 14.2 Å². The van der Waals surface area contributed by atoms with Gasteiger partial charge in [0.15, 0.2) is 6.29 Å². The predicted molar refractivity (Wildman–Crippen MR) is 89.1 cm³/mol. The highest BCUT2D eigenvalue weighted by atomic mass is 32.1. The number of nitrogens with one attached hydrogen (secondary N) is 1. The van der Waals surface area contributed by atoms with Crippen LogP contribution in [0.1, 0.15) is 37.8 Å². The molecule has 1 fully saturated rings. The van der Waals surface area contributed by atoms with Gasteiger partial charge in [-0.1, -0.05) is 11.3 Å². The summed E-state index contributed by atoms with van der Waals surface area (Å²) in [5, 5.41) is 12.6. The van der Waals surface area contributed by atoms with Crippen LogP contribution < -0.4 is 15.9 Å². The zero-order valence-corrected chi connectivity index (χ0v) is 14.4. The van der Waals surface area contributed by atoms with E-state index in [9.17, 15) is 9.90 Å². The third-order valence-corrected chi connectivity index (χ3v) is 4.58. The van der Waals surface area contributed by atoms with Gasteiger partial charge >= 0.3 is 4.87 Å². The van der Waals surface area contributed by atoms with E-state index in [1.54, 1.807) is 10.8 Å². The number of fused-ring (bicyclic) bond motifs is 1. The maximum Gasteiger partial charge on any atom is 0.311 e. The van der Waals surface area contributed by atoms with Crippen LogP contribution in [0.2, 0.25) is 0 Å². The average molecular weight is 358 g/mol. The van der Waals surface area contributed by atoms with Gasteiger partial charge in [-0.3, -0.25) is 20.1 Å². The number of aliphatic hydroxyl groups excluding tert-OH is 1. The Morgan fingerprint density at radius 3 is 3.12 bits per heavy atom. The number of aliphatic hydroxyl groups is 1. The summed E-state index contributed by atoms with van der Waals surface area (Å²) in [5.41, 5.74) is 5.75. The minimum absolute atomic E-state index is 0.122. The lowest BCUT2D eigenvalue weighted by atomic mass is 10.2. The normalized spacial score (nSPS) is 27.3. The van der Waals surface area contributed by atoms with Gasteiger partial charge in [-0.05, 0) is 26.7 Å². The van der Waals surface area contributed by atoms with E-state index < -0.39 is 12.8 Å². The summed E-state index contributed by atoms with van der Waals surface area (Å²) < 4.78 is 17.8. The van der Waals surface area contributed by atoms with Crippen LogP contribution in [0.15, 0.2) is 9.79 Å². The van der Waals surface area contributed by atoms with Crippen LogP contribution in [0, 0.1) is 0 Å². The van der Waals surface area contributed by atoms with Gasteiger partial charge in [0.25, 0.3) is 6.48 Å². The van der Waals surface area contributed by atoms with Crippen LogP contribution >= 0.6 is 11.3 Å². The number of aliphatic imine (C=N–C) groups is 1. The number of aromatic nitrogens is 1. The molecule has 0 aliphatic carbocycles. The first kappa shape index (κ1) is 17.5. The molecule has 134 valence electrons. The lowest BCUT2D eigenvalue weighted by Gasteiger charge is -2.21. The number of anilines is 1. The molecule has 9 nitrogen and oxygen atoms in total. The van der Waals surface area contributed by atoms with Gasteiger partial charge in [0, 0.05) is 6.21 Å². The monoisotopic (exact) mass is 358 g/mol. The Morgan fingerprint density at radius 1 is 1.58 bits per heavy atom. The minimum atomic E-state index is -1.28. The number of ether oxygens (including phenoxy) is 3. The Labute approximate surface area is 143 Å². The second-order valence-electron chi connectivity index (χ2n) is 5.93. The number of nitrogens with zero attached hydrogens (tertiary/aromatic N) is 2. The molecule has 3 rings (SSSR count). The van der Waals surface area contributed by atoms with Gasteiger partial charge in [-0.2, -0.15) is 0 Å². The molecule has 1 aromatic rings. The van der Waals surface area contributed by atoms with E-state index >= 15 is 0 Å². The van der Waals surface area contributed by atoms with E-state index in [1.165, 1.54) is 0 Å². The first-order valence-electron chi connectivity index (χ1n) is 7.85. The molecule has 4 N–H and O–H groups in total. The van der Waals surface area contributed by atoms with Crippen molar-refractivity contribution in [2.24, 2.45) is 10.7 Å². The van der Waals surface area contributed by atoms with E-state index in [-0.39, 0.29) is 29.9 Å². The fourth-order valence-electron chi connectivity index (χ4n) is 2.68. The molecule has 2 aliphatic heterocycles. The Morgan fingerprint density at radius 2 is 2.38 bits per heavy atom. The molecule has 4 atom stereocenters. The number of hydrogen-bond donors (Lipinski definition) is 3. The average Bonchev–Trinajstić information content (AvgIpc) is 3.07. The standard InChI is InChI=1S/C14H22N4O5S/c1-7(2)22-14(20)21-6-8-3-4-10(23-8)18-11-9(24-13(18)19)5-16-12(15)17-11/h5,7-8,10,12,14,17,20H,3-4,6,15H2,1-2H3. The Hall–Kier alpha value is -1.30. The van der Waals surface area contributed by atoms with E-state index in [4.69, 9.17) is 19.9 Å². The number of nitrogens with two attached hydrogens (primary N) is 1. The van der Waals surface area contributed by atoms with Crippen LogP contribution in [-0.4, -0.2) is 47.5 Å². The summed E-state index contributed by atoms with van der Waals surface area (Å²) in [6.45, 7) is 2.53. The van der Waals surface area contributed by atoms with Crippen molar-refractivity contribution in [3.8, 4) is 0 Å². The molecule has 0 saturated carbocycles. The summed E-state index contributed by atoms with van der Waals surface area (Å²) in [6.07, 6.45) is 1.69. The third-order valence-electron chi connectivity index (χ3n) is 3.69. The van der Waals surface area contributed by atoms with Crippen LogP contribution in [0.25, 0.3) is 0 Å². The molecule has 3 heterocycles. The van der Waals surface area contributed by atoms with Crippen molar-refractivity contribution in [3.63, 3.8) is 0 Å². The number of hydrogen-bond acceptors (Lipinski definition) is 9. The molecule has 0 aromatic carbocycles. The maximum absolute atomic E-state index is 12.3. The summed E-state index contributed by atoms with van der Waals surface area (Å²) in [6, 6.07) is 0. The lowest BCUT2D eigenvalue weighted by Crippen LogP contribution is -2.33. The third kappa shape index (κ3) is 3.85. The summed E-state index contributed by atoms with van der Waals surface area (Å²) >= 11 is 1.10. The molecule has 0 radical (unpaired) electrons. The Kier molecular flexibility index (Phi) is 5.33. The van der Waals surface area contributed by atoms with Gasteiger partial charge in [-0.15, -0.1) is 0 Å². The van der Waals surface area contributed by atoms with E-state index in [2.05, 4.69) is 10.3 Å². The van der Waals surface area contributed by atoms with Crippen molar-refractivity contribution >= 4 is 23.4 Å². The zero-order valence-electron chi connectivity index (χ0n) is 13.5. The molecular formula is C14H22N4O5S. The number of rotatable bonds is 6. The lowest BCUT2D eigenvalue weighted by molar-refractivity contribution is -0.284. The highest BCUT2D eigenvalue weighted by molar-refractivity contribution is 7.11. The first-order chi connectivity index (χ1) is 11.4. The van der Waals surface area contributed by atoms with Gasteiger partial charge in [-0.25, -0.2) is 0 Å². The van der Waals surface area contributed by atoms with Gasteiger partial charge in [0.05, 0.1) is 23.7 Å². The predicted octanol–water partition coefficient (Wildman–Crippen LogP) is 0.392. The van der Waals surface area contributed by atoms with Crippen molar-refractivity contribution in [2.45, 2.75) is 57.9 Å². The van der Waals surface area contributed by atoms with Gasteiger partial charge in [0.2, 0.25) is 0 Å². The smallest absolute Gasteiger partial charge is 0.311 e. The minimum Gasteiger partial charge on any atom is -0.352 e. The Bertz CT molecular complexity index is 658. The summed E-state index contributed by atoms with van der Waals surface area (Å²) in [4.78, 5) is 16.9. The van der Waals surface area contributed by atoms with E-state index in [1.807, 2.05) is 13.8 Å². The van der Waals surface area contributed by atoms with E-state index in [0.717, 1.165) is 22.6 Å². The fourth-order valence-corrected chi connectivity index (χ4v) is 3.54. The van der Waals surface area contributed by atoms with Gasteiger partial charge in [0.1, 0.15) is 12.0 Å². The molecule has 4 unspecified atom stereocenters. The van der Waals surface area contributed by atoms with Crippen molar-refractivity contribution in [1.29, 1.82) is 0 Å². The van der Waals surface area contributed by atoms with Crippen LogP contribution in [0.4, 0.5) is 5.82 Å². The maximum atomic E-state index is 12.3. The molecule has 10 heteroatoms. The van der Waals surface area contributed by atoms with Crippen molar-refractivity contribution < 1.29 is 19.3 Å². The van der Waals surface area contributed by atoms with Gasteiger partial charge < -0.3 is 24.6 Å². The largest absolute Gasteiger partial charge is 0.352 e. The molecule has 0 spiro atoms. The van der Waals surface area contributed by atoms with Crippen molar-refractivity contribution in [1.82, 2.24) is 4.57 Å². The molecule has 1 aromatic heterocycles. The quantitative estimate of drug-likeness (QED) is 0.629. The SMILES string of the molecule is CC(C)OC(O)OCC1CCC(n2c3c(sc2=O)C=NC(N)N3)O1. The highest BCUT2D eigenvalue weighted by Crippen LogP contribution is 2.33. The highest BCUT2D eigenvalue weighted by Gasteiger charge is 2.32. The summed E-state index contributed by atoms with van der Waals surface area (Å²) in [5.74, 6) is 0.641. The molecular weight excluding hydrogens is 336 g/mol. The topological polar surface area (TPSA) is 120 Å². The Balaban J connectivity index is 1.62. The zero-order chi connectivity index (χ0) is 17.3. The molecule has 24 heavy (non-hydrogen) atoms. The van der Waals surface area contributed by atoms with E-state index in [0.29, 0.717) is 12.2 Å². The fraction of sp³-hybridized carbons (Fsp3) is 0.714.